The molecule has 1 amide bonds. The molecule has 0 saturated heterocycles. The number of hydrogen-bond donors (Lipinski definition) is 1. The molecule has 0 bridgehead atoms. The molecular formula is C20H25NO5. The van der Waals surface area contributed by atoms with Gasteiger partial charge < -0.3 is 24.3 Å². The summed E-state index contributed by atoms with van der Waals surface area (Å²) < 4.78 is 21.2. The minimum atomic E-state index is -0.239. The zero-order valence-corrected chi connectivity index (χ0v) is 15.8. The highest BCUT2D eigenvalue weighted by atomic mass is 16.5. The Morgan fingerprint density at radius 3 is 2.12 bits per heavy atom. The first kappa shape index (κ1) is 19.4. The number of amides is 1. The number of carbonyl (C=O) groups is 1. The van der Waals surface area contributed by atoms with Crippen LogP contribution in [-0.4, -0.2) is 34.3 Å². The number of hydrogen-bond acceptors (Lipinski definition) is 5. The van der Waals surface area contributed by atoms with E-state index in [1.54, 1.807) is 40.6 Å². The van der Waals surface area contributed by atoms with Crippen LogP contribution in [0.2, 0.25) is 0 Å². The molecule has 2 rings (SSSR count). The third-order valence-electron chi connectivity index (χ3n) is 4.13. The van der Waals surface area contributed by atoms with Crippen molar-refractivity contribution in [1.82, 2.24) is 5.32 Å². The van der Waals surface area contributed by atoms with E-state index >= 15 is 0 Å². The van der Waals surface area contributed by atoms with Crippen LogP contribution in [0.25, 0.3) is 0 Å². The van der Waals surface area contributed by atoms with E-state index in [1.165, 1.54) is 0 Å². The summed E-state index contributed by atoms with van der Waals surface area (Å²) in [4.78, 5) is 12.5. The molecule has 0 saturated carbocycles. The highest BCUT2D eigenvalue weighted by Crippen LogP contribution is 2.30. The zero-order valence-electron chi connectivity index (χ0n) is 15.8. The Hall–Kier alpha value is -2.89. The summed E-state index contributed by atoms with van der Waals surface area (Å²) in [5.41, 5.74) is 1.64. The summed E-state index contributed by atoms with van der Waals surface area (Å²) in [6.07, 6.45) is 0.198. The molecule has 0 heterocycles. The monoisotopic (exact) mass is 359 g/mol. The second-order valence-electron chi connectivity index (χ2n) is 5.75. The lowest BCUT2D eigenvalue weighted by atomic mass is 10.1. The molecular weight excluding hydrogens is 334 g/mol. The topological polar surface area (TPSA) is 66.0 Å². The Balaban J connectivity index is 2.13. The van der Waals surface area contributed by atoms with Gasteiger partial charge in [-0.3, -0.25) is 4.79 Å². The molecule has 2 aromatic rings. The van der Waals surface area contributed by atoms with Crippen LogP contribution in [0.3, 0.4) is 0 Å². The van der Waals surface area contributed by atoms with E-state index in [4.69, 9.17) is 18.9 Å². The van der Waals surface area contributed by atoms with Crippen LogP contribution >= 0.6 is 0 Å². The van der Waals surface area contributed by atoms with Gasteiger partial charge in [0.1, 0.15) is 23.0 Å². The molecule has 6 heteroatoms. The van der Waals surface area contributed by atoms with Crippen molar-refractivity contribution in [2.75, 3.05) is 28.4 Å². The molecule has 0 aliphatic rings. The number of rotatable bonds is 8. The Morgan fingerprint density at radius 2 is 1.50 bits per heavy atom. The molecule has 1 atom stereocenters. The minimum absolute atomic E-state index is 0.120. The van der Waals surface area contributed by atoms with Crippen molar-refractivity contribution in [3.63, 3.8) is 0 Å². The summed E-state index contributed by atoms with van der Waals surface area (Å²) in [7, 11) is 6.36. The number of methoxy groups -OCH3 is 4. The molecule has 0 aromatic heterocycles. The SMILES string of the molecule is COc1ccc(CC(=O)N[C@H](C)c2cc(OC)ccc2OC)c(OC)c1. The molecule has 1 N–H and O–H groups in total. The summed E-state index contributed by atoms with van der Waals surface area (Å²) in [5, 5.41) is 2.99. The maximum Gasteiger partial charge on any atom is 0.225 e. The van der Waals surface area contributed by atoms with E-state index in [9.17, 15) is 4.79 Å². The summed E-state index contributed by atoms with van der Waals surface area (Å²) in [6.45, 7) is 1.90. The van der Waals surface area contributed by atoms with Gasteiger partial charge in [0.2, 0.25) is 5.91 Å². The van der Waals surface area contributed by atoms with Gasteiger partial charge in [-0.15, -0.1) is 0 Å². The van der Waals surface area contributed by atoms with Crippen LogP contribution in [0.4, 0.5) is 0 Å². The number of ether oxygens (including phenoxy) is 4. The van der Waals surface area contributed by atoms with Crippen molar-refractivity contribution >= 4 is 5.91 Å². The standard InChI is InChI=1S/C20H25NO5/c1-13(17-11-15(23-2)8-9-18(17)25-4)21-20(22)10-14-6-7-16(24-3)12-19(14)26-5/h6-9,11-13H,10H2,1-5H3,(H,21,22)/t13-/m1/s1. The van der Waals surface area contributed by atoms with Crippen LogP contribution < -0.4 is 24.3 Å². The lowest BCUT2D eigenvalue weighted by Crippen LogP contribution is -2.28. The van der Waals surface area contributed by atoms with E-state index in [0.717, 1.165) is 11.1 Å². The largest absolute Gasteiger partial charge is 0.497 e. The molecule has 0 radical (unpaired) electrons. The molecule has 6 nitrogen and oxygen atoms in total. The molecule has 0 fully saturated rings. The molecule has 0 unspecified atom stereocenters. The van der Waals surface area contributed by atoms with E-state index in [-0.39, 0.29) is 18.4 Å². The van der Waals surface area contributed by atoms with Gasteiger partial charge in [0, 0.05) is 17.2 Å². The van der Waals surface area contributed by atoms with Crippen molar-refractivity contribution < 1.29 is 23.7 Å². The minimum Gasteiger partial charge on any atom is -0.497 e. The molecule has 2 aromatic carbocycles. The molecule has 26 heavy (non-hydrogen) atoms. The van der Waals surface area contributed by atoms with Gasteiger partial charge in [-0.2, -0.15) is 0 Å². The Bertz CT molecular complexity index is 760. The Morgan fingerprint density at radius 1 is 0.885 bits per heavy atom. The van der Waals surface area contributed by atoms with Gasteiger partial charge in [-0.1, -0.05) is 6.07 Å². The van der Waals surface area contributed by atoms with Crippen LogP contribution in [-0.2, 0) is 11.2 Å². The van der Waals surface area contributed by atoms with Gasteiger partial charge >= 0.3 is 0 Å². The first-order valence-electron chi connectivity index (χ1n) is 8.24. The first-order chi connectivity index (χ1) is 12.5. The Kier molecular flexibility index (Phi) is 6.72. The quantitative estimate of drug-likeness (QED) is 0.784. The maximum atomic E-state index is 12.5. The van der Waals surface area contributed by atoms with Gasteiger partial charge in [0.25, 0.3) is 0 Å². The van der Waals surface area contributed by atoms with E-state index in [2.05, 4.69) is 5.32 Å². The van der Waals surface area contributed by atoms with Crippen LogP contribution in [0.5, 0.6) is 23.0 Å². The van der Waals surface area contributed by atoms with E-state index in [1.807, 2.05) is 31.2 Å². The molecule has 0 aliphatic carbocycles. The average Bonchev–Trinajstić information content (AvgIpc) is 2.67. The molecule has 0 aliphatic heterocycles. The lowest BCUT2D eigenvalue weighted by Gasteiger charge is -2.19. The number of benzene rings is 2. The van der Waals surface area contributed by atoms with Crippen LogP contribution in [0.1, 0.15) is 24.1 Å². The van der Waals surface area contributed by atoms with Gasteiger partial charge in [-0.25, -0.2) is 0 Å². The lowest BCUT2D eigenvalue weighted by molar-refractivity contribution is -0.121. The second-order valence-corrected chi connectivity index (χ2v) is 5.75. The Labute approximate surface area is 154 Å². The first-order valence-corrected chi connectivity index (χ1v) is 8.24. The predicted molar refractivity (Wildman–Crippen MR) is 99.4 cm³/mol. The summed E-state index contributed by atoms with van der Waals surface area (Å²) in [5.74, 6) is 2.58. The highest BCUT2D eigenvalue weighted by Gasteiger charge is 2.17. The van der Waals surface area contributed by atoms with Crippen LogP contribution in [0, 0.1) is 0 Å². The fraction of sp³-hybridized carbons (Fsp3) is 0.350. The third-order valence-corrected chi connectivity index (χ3v) is 4.13. The number of carbonyl (C=O) groups excluding carboxylic acids is 1. The summed E-state index contributed by atoms with van der Waals surface area (Å²) >= 11 is 0. The second kappa shape index (κ2) is 8.99. The number of nitrogens with one attached hydrogen (secondary N) is 1. The van der Waals surface area contributed by atoms with E-state index in [0.29, 0.717) is 23.0 Å². The van der Waals surface area contributed by atoms with Crippen molar-refractivity contribution in [3.05, 3.63) is 47.5 Å². The van der Waals surface area contributed by atoms with Gasteiger partial charge in [-0.05, 0) is 31.2 Å². The van der Waals surface area contributed by atoms with E-state index < -0.39 is 0 Å². The smallest absolute Gasteiger partial charge is 0.225 e. The van der Waals surface area contributed by atoms with Gasteiger partial charge in [0.05, 0.1) is 40.9 Å². The van der Waals surface area contributed by atoms with Crippen molar-refractivity contribution in [3.8, 4) is 23.0 Å². The molecule has 0 spiro atoms. The third kappa shape index (κ3) is 4.59. The van der Waals surface area contributed by atoms with Crippen molar-refractivity contribution in [1.29, 1.82) is 0 Å². The van der Waals surface area contributed by atoms with Crippen molar-refractivity contribution in [2.24, 2.45) is 0 Å². The van der Waals surface area contributed by atoms with Gasteiger partial charge in [0.15, 0.2) is 0 Å². The fourth-order valence-corrected chi connectivity index (χ4v) is 2.72. The zero-order chi connectivity index (χ0) is 19.1. The van der Waals surface area contributed by atoms with Crippen molar-refractivity contribution in [2.45, 2.75) is 19.4 Å². The van der Waals surface area contributed by atoms with Crippen LogP contribution in [0.15, 0.2) is 36.4 Å². The normalized spacial score (nSPS) is 11.4. The molecule has 140 valence electrons. The maximum absolute atomic E-state index is 12.5. The average molecular weight is 359 g/mol. The summed E-state index contributed by atoms with van der Waals surface area (Å²) in [6, 6.07) is 10.7. The fourth-order valence-electron chi connectivity index (χ4n) is 2.72. The highest BCUT2D eigenvalue weighted by molar-refractivity contribution is 5.80. The predicted octanol–water partition coefficient (Wildman–Crippen LogP) is 3.14.